The van der Waals surface area contributed by atoms with Crippen LogP contribution in [0.15, 0.2) is 36.7 Å². The van der Waals surface area contributed by atoms with E-state index >= 15 is 0 Å². The number of piperidine rings is 1. The Morgan fingerprint density at radius 2 is 1.93 bits per heavy atom. The first-order chi connectivity index (χ1) is 13.3. The molecule has 7 heteroatoms. The molecule has 2 heterocycles. The highest BCUT2D eigenvalue weighted by atomic mass is 16.5. The molecule has 27 heavy (non-hydrogen) atoms. The minimum absolute atomic E-state index is 0.211. The summed E-state index contributed by atoms with van der Waals surface area (Å²) < 4.78 is 4.97. The van der Waals surface area contributed by atoms with Gasteiger partial charge in [0.15, 0.2) is 0 Å². The van der Waals surface area contributed by atoms with Crippen molar-refractivity contribution in [1.82, 2.24) is 15.3 Å². The second kappa shape index (κ2) is 9.87. The van der Waals surface area contributed by atoms with E-state index in [1.54, 1.807) is 13.2 Å². The molecule has 3 rings (SSSR count). The molecule has 1 aliphatic rings. The first-order valence-corrected chi connectivity index (χ1v) is 9.47. The summed E-state index contributed by atoms with van der Waals surface area (Å²) in [6, 6.07) is 9.98. The number of carbonyl (C=O) groups excluding carboxylic acids is 1. The van der Waals surface area contributed by atoms with Crippen LogP contribution < -0.4 is 15.5 Å². The van der Waals surface area contributed by atoms with E-state index in [0.29, 0.717) is 24.7 Å². The summed E-state index contributed by atoms with van der Waals surface area (Å²) in [6.45, 7) is 3.42. The van der Waals surface area contributed by atoms with Crippen LogP contribution >= 0.6 is 0 Å². The second-order valence-corrected chi connectivity index (χ2v) is 6.61. The predicted octanol–water partition coefficient (Wildman–Crippen LogP) is 2.98. The molecule has 1 fully saturated rings. The SMILES string of the molecule is COCCCNC(=O)c1cc(Nc2ccc(N3CCCCC3)cc2)ncn1. The van der Waals surface area contributed by atoms with E-state index in [9.17, 15) is 4.79 Å². The Morgan fingerprint density at radius 3 is 2.67 bits per heavy atom. The Balaban J connectivity index is 1.58. The number of methoxy groups -OCH3 is 1. The molecule has 1 aromatic heterocycles. The van der Waals surface area contributed by atoms with E-state index in [4.69, 9.17) is 4.74 Å². The van der Waals surface area contributed by atoms with Gasteiger partial charge >= 0.3 is 0 Å². The Morgan fingerprint density at radius 1 is 1.15 bits per heavy atom. The van der Waals surface area contributed by atoms with Gasteiger partial charge in [-0.2, -0.15) is 0 Å². The van der Waals surface area contributed by atoms with Crippen LogP contribution in [-0.2, 0) is 4.74 Å². The molecule has 0 saturated carbocycles. The zero-order valence-electron chi connectivity index (χ0n) is 15.8. The van der Waals surface area contributed by atoms with Crippen LogP contribution in [0.2, 0.25) is 0 Å². The van der Waals surface area contributed by atoms with E-state index in [-0.39, 0.29) is 5.91 Å². The lowest BCUT2D eigenvalue weighted by atomic mass is 10.1. The number of carbonyl (C=O) groups is 1. The Bertz CT molecular complexity index is 729. The summed E-state index contributed by atoms with van der Waals surface area (Å²) in [5.74, 6) is 0.384. The fraction of sp³-hybridized carbons (Fsp3) is 0.450. The second-order valence-electron chi connectivity index (χ2n) is 6.61. The van der Waals surface area contributed by atoms with Gasteiger partial charge in [0.05, 0.1) is 0 Å². The summed E-state index contributed by atoms with van der Waals surface area (Å²) in [5, 5.41) is 6.06. The molecule has 0 spiro atoms. The first kappa shape index (κ1) is 19.1. The summed E-state index contributed by atoms with van der Waals surface area (Å²) in [4.78, 5) is 22.8. The van der Waals surface area contributed by atoms with E-state index in [1.165, 1.54) is 31.3 Å². The maximum atomic E-state index is 12.2. The van der Waals surface area contributed by atoms with Crippen LogP contribution in [0.4, 0.5) is 17.2 Å². The summed E-state index contributed by atoms with van der Waals surface area (Å²) in [7, 11) is 1.64. The average Bonchev–Trinajstić information content (AvgIpc) is 2.72. The molecule has 1 aliphatic heterocycles. The van der Waals surface area contributed by atoms with Crippen molar-refractivity contribution in [2.24, 2.45) is 0 Å². The van der Waals surface area contributed by atoms with Crippen molar-refractivity contribution >= 4 is 23.1 Å². The van der Waals surface area contributed by atoms with E-state index < -0.39 is 0 Å². The quantitative estimate of drug-likeness (QED) is 0.697. The molecule has 0 atom stereocenters. The van der Waals surface area contributed by atoms with Crippen molar-refractivity contribution in [2.75, 3.05) is 43.6 Å². The molecule has 0 bridgehead atoms. The molecule has 144 valence electrons. The lowest BCUT2D eigenvalue weighted by Gasteiger charge is -2.28. The summed E-state index contributed by atoms with van der Waals surface area (Å²) in [6.07, 6.45) is 6.01. The van der Waals surface area contributed by atoms with Gasteiger partial charge in [-0.1, -0.05) is 0 Å². The molecular formula is C20H27N5O2. The number of rotatable bonds is 8. The number of ether oxygens (including phenoxy) is 1. The topological polar surface area (TPSA) is 79.4 Å². The number of hydrogen-bond donors (Lipinski definition) is 2. The fourth-order valence-corrected chi connectivity index (χ4v) is 3.11. The van der Waals surface area contributed by atoms with Gasteiger partial charge in [-0.15, -0.1) is 0 Å². The molecule has 0 aliphatic carbocycles. The highest BCUT2D eigenvalue weighted by Crippen LogP contribution is 2.23. The van der Waals surface area contributed by atoms with Gasteiger partial charge < -0.3 is 20.3 Å². The van der Waals surface area contributed by atoms with Gasteiger partial charge in [0.25, 0.3) is 5.91 Å². The molecule has 1 amide bonds. The Labute approximate surface area is 160 Å². The third-order valence-corrected chi connectivity index (χ3v) is 4.57. The van der Waals surface area contributed by atoms with Gasteiger partial charge in [-0.05, 0) is 49.9 Å². The minimum Gasteiger partial charge on any atom is -0.385 e. The van der Waals surface area contributed by atoms with Gasteiger partial charge in [-0.3, -0.25) is 4.79 Å². The van der Waals surface area contributed by atoms with Crippen molar-refractivity contribution in [3.63, 3.8) is 0 Å². The Kier molecular flexibility index (Phi) is 6.98. The number of aromatic nitrogens is 2. The fourth-order valence-electron chi connectivity index (χ4n) is 3.11. The van der Waals surface area contributed by atoms with Crippen molar-refractivity contribution in [2.45, 2.75) is 25.7 Å². The van der Waals surface area contributed by atoms with Crippen LogP contribution in [0.3, 0.4) is 0 Å². The number of amides is 1. The first-order valence-electron chi connectivity index (χ1n) is 9.47. The lowest BCUT2D eigenvalue weighted by molar-refractivity contribution is 0.0943. The van der Waals surface area contributed by atoms with Crippen LogP contribution in [0.5, 0.6) is 0 Å². The molecule has 1 saturated heterocycles. The van der Waals surface area contributed by atoms with Crippen molar-refractivity contribution in [3.8, 4) is 0 Å². The van der Waals surface area contributed by atoms with Gasteiger partial charge in [-0.25, -0.2) is 9.97 Å². The highest BCUT2D eigenvalue weighted by Gasteiger charge is 2.11. The smallest absolute Gasteiger partial charge is 0.270 e. The van der Waals surface area contributed by atoms with Crippen molar-refractivity contribution in [1.29, 1.82) is 0 Å². The zero-order valence-corrected chi connectivity index (χ0v) is 15.8. The molecule has 0 unspecified atom stereocenters. The van der Waals surface area contributed by atoms with Crippen LogP contribution in [-0.4, -0.2) is 49.2 Å². The third kappa shape index (κ3) is 5.65. The molecule has 2 aromatic rings. The normalized spacial score (nSPS) is 14.0. The predicted molar refractivity (Wildman–Crippen MR) is 107 cm³/mol. The molecular weight excluding hydrogens is 342 g/mol. The maximum Gasteiger partial charge on any atom is 0.270 e. The standard InChI is InChI=1S/C20H27N5O2/c1-27-13-5-10-21-20(26)18-14-19(23-15-22-18)24-16-6-8-17(9-7-16)25-11-3-2-4-12-25/h6-9,14-15H,2-5,10-13H2,1H3,(H,21,26)(H,22,23,24). The number of nitrogens with zero attached hydrogens (tertiary/aromatic N) is 3. The third-order valence-electron chi connectivity index (χ3n) is 4.57. The average molecular weight is 369 g/mol. The summed E-state index contributed by atoms with van der Waals surface area (Å²) in [5.41, 5.74) is 2.52. The van der Waals surface area contributed by atoms with E-state index in [2.05, 4.69) is 37.6 Å². The van der Waals surface area contributed by atoms with Crippen molar-refractivity contribution in [3.05, 3.63) is 42.4 Å². The van der Waals surface area contributed by atoms with Gasteiger partial charge in [0.1, 0.15) is 17.8 Å². The molecule has 2 N–H and O–H groups in total. The largest absolute Gasteiger partial charge is 0.385 e. The Hall–Kier alpha value is -2.67. The van der Waals surface area contributed by atoms with Crippen LogP contribution in [0, 0.1) is 0 Å². The highest BCUT2D eigenvalue weighted by molar-refractivity contribution is 5.92. The van der Waals surface area contributed by atoms with E-state index in [0.717, 1.165) is 25.2 Å². The molecule has 7 nitrogen and oxygen atoms in total. The number of hydrogen-bond acceptors (Lipinski definition) is 6. The maximum absolute atomic E-state index is 12.2. The molecule has 1 aromatic carbocycles. The number of nitrogens with one attached hydrogen (secondary N) is 2. The van der Waals surface area contributed by atoms with Crippen LogP contribution in [0.1, 0.15) is 36.2 Å². The van der Waals surface area contributed by atoms with Crippen LogP contribution in [0.25, 0.3) is 0 Å². The lowest BCUT2D eigenvalue weighted by Crippen LogP contribution is -2.29. The van der Waals surface area contributed by atoms with E-state index in [1.807, 2.05) is 12.1 Å². The number of anilines is 3. The zero-order chi connectivity index (χ0) is 18.9. The van der Waals surface area contributed by atoms with Crippen molar-refractivity contribution < 1.29 is 9.53 Å². The monoisotopic (exact) mass is 369 g/mol. The minimum atomic E-state index is -0.211. The number of benzene rings is 1. The summed E-state index contributed by atoms with van der Waals surface area (Å²) >= 11 is 0. The van der Waals surface area contributed by atoms with Gasteiger partial charge in [0, 0.05) is 50.8 Å². The van der Waals surface area contributed by atoms with Gasteiger partial charge in [0.2, 0.25) is 0 Å². The molecule has 0 radical (unpaired) electrons.